The largest absolute Gasteiger partial charge is 0.350 e. The molecule has 2 saturated heterocycles. The van der Waals surface area contributed by atoms with Crippen LogP contribution in [0.1, 0.15) is 62.5 Å². The van der Waals surface area contributed by atoms with E-state index in [2.05, 4.69) is 25.8 Å². The van der Waals surface area contributed by atoms with Crippen molar-refractivity contribution in [2.45, 2.75) is 64.3 Å². The minimum Gasteiger partial charge on any atom is -0.350 e. The van der Waals surface area contributed by atoms with Gasteiger partial charge in [-0.05, 0) is 75.1 Å². The Balaban J connectivity index is 1.68. The van der Waals surface area contributed by atoms with E-state index in [1.54, 1.807) is 22.5 Å². The van der Waals surface area contributed by atoms with E-state index < -0.39 is 10.0 Å². The van der Waals surface area contributed by atoms with Crippen LogP contribution in [0.3, 0.4) is 0 Å². The molecule has 0 bridgehead atoms. The highest BCUT2D eigenvalue weighted by Gasteiger charge is 2.32. The van der Waals surface area contributed by atoms with E-state index in [4.69, 9.17) is 0 Å². The van der Waals surface area contributed by atoms with E-state index in [0.717, 1.165) is 48.7 Å². The van der Waals surface area contributed by atoms with Gasteiger partial charge < -0.3 is 9.88 Å². The zero-order chi connectivity index (χ0) is 21.6. The van der Waals surface area contributed by atoms with Crippen LogP contribution >= 0.6 is 0 Å². The lowest BCUT2D eigenvalue weighted by atomic mass is 9.94. The molecular formula is C23H33N3O3S. The number of benzene rings is 1. The molecule has 3 atom stereocenters. The van der Waals surface area contributed by atoms with E-state index in [9.17, 15) is 13.2 Å². The van der Waals surface area contributed by atoms with Gasteiger partial charge in [0.15, 0.2) is 0 Å². The summed E-state index contributed by atoms with van der Waals surface area (Å²) in [5.41, 5.74) is 2.21. The van der Waals surface area contributed by atoms with Crippen LogP contribution in [0.25, 0.3) is 10.9 Å². The summed E-state index contributed by atoms with van der Waals surface area (Å²) in [7, 11) is -3.55. The highest BCUT2D eigenvalue weighted by atomic mass is 32.2. The normalized spacial score (nSPS) is 26.3. The monoisotopic (exact) mass is 431 g/mol. The molecule has 1 aromatic heterocycles. The van der Waals surface area contributed by atoms with Crippen LogP contribution in [0.4, 0.5) is 0 Å². The van der Waals surface area contributed by atoms with E-state index in [1.165, 1.54) is 0 Å². The summed E-state index contributed by atoms with van der Waals surface area (Å²) in [5.74, 6) is 0.730. The maximum atomic E-state index is 13.3. The molecule has 6 nitrogen and oxygen atoms in total. The SMILES string of the molecule is Cc1c(C(=O)N2CCCCC2C)[nH]c2ccc(S(=O)(=O)N3CC(C)CC(C)C3)cc12. The molecule has 3 unspecified atom stereocenters. The second-order valence-electron chi connectivity index (χ2n) is 9.44. The Morgan fingerprint density at radius 1 is 1.10 bits per heavy atom. The van der Waals surface area contributed by atoms with Crippen LogP contribution in [-0.2, 0) is 10.0 Å². The van der Waals surface area contributed by atoms with Crippen molar-refractivity contribution in [3.05, 3.63) is 29.5 Å². The van der Waals surface area contributed by atoms with Crippen LogP contribution < -0.4 is 0 Å². The van der Waals surface area contributed by atoms with Gasteiger partial charge in [-0.15, -0.1) is 0 Å². The maximum Gasteiger partial charge on any atom is 0.270 e. The topological polar surface area (TPSA) is 73.5 Å². The molecule has 1 amide bonds. The molecule has 4 rings (SSSR count). The van der Waals surface area contributed by atoms with Crippen molar-refractivity contribution < 1.29 is 13.2 Å². The number of carbonyl (C=O) groups excluding carboxylic acids is 1. The Bertz CT molecular complexity index is 1050. The summed E-state index contributed by atoms with van der Waals surface area (Å²) >= 11 is 0. The van der Waals surface area contributed by atoms with Gasteiger partial charge in [-0.2, -0.15) is 4.31 Å². The van der Waals surface area contributed by atoms with E-state index in [1.807, 2.05) is 11.8 Å². The highest BCUT2D eigenvalue weighted by Crippen LogP contribution is 2.31. The second kappa shape index (κ2) is 8.00. The van der Waals surface area contributed by atoms with E-state index >= 15 is 0 Å². The van der Waals surface area contributed by atoms with Crippen molar-refractivity contribution in [2.75, 3.05) is 19.6 Å². The van der Waals surface area contributed by atoms with Gasteiger partial charge in [0.25, 0.3) is 5.91 Å². The fraction of sp³-hybridized carbons (Fsp3) is 0.609. The van der Waals surface area contributed by atoms with Gasteiger partial charge in [-0.3, -0.25) is 4.79 Å². The molecule has 1 aromatic carbocycles. The van der Waals surface area contributed by atoms with Crippen molar-refractivity contribution in [3.8, 4) is 0 Å². The van der Waals surface area contributed by atoms with Gasteiger partial charge in [-0.1, -0.05) is 13.8 Å². The second-order valence-corrected chi connectivity index (χ2v) is 11.4. The molecule has 0 spiro atoms. The number of nitrogens with one attached hydrogen (secondary N) is 1. The van der Waals surface area contributed by atoms with E-state index in [-0.39, 0.29) is 11.9 Å². The number of likely N-dealkylation sites (tertiary alicyclic amines) is 1. The average Bonchev–Trinajstić information content (AvgIpc) is 3.03. The molecule has 0 saturated carbocycles. The first-order valence-electron chi connectivity index (χ1n) is 11.1. The quantitative estimate of drug-likeness (QED) is 0.793. The number of carbonyl (C=O) groups is 1. The van der Waals surface area contributed by atoms with E-state index in [0.29, 0.717) is 35.5 Å². The van der Waals surface area contributed by atoms with Crippen LogP contribution in [-0.4, -0.2) is 54.2 Å². The first-order chi connectivity index (χ1) is 14.2. The number of aryl methyl sites for hydroxylation is 1. The molecule has 2 aromatic rings. The zero-order valence-corrected chi connectivity index (χ0v) is 19.3. The third kappa shape index (κ3) is 3.78. The number of piperidine rings is 2. The number of aromatic amines is 1. The predicted octanol–water partition coefficient (Wildman–Crippen LogP) is 4.16. The summed E-state index contributed by atoms with van der Waals surface area (Å²) in [5, 5.41) is 0.808. The number of H-pyrrole nitrogens is 1. The molecule has 0 radical (unpaired) electrons. The number of sulfonamides is 1. The third-order valence-electron chi connectivity index (χ3n) is 6.78. The summed E-state index contributed by atoms with van der Waals surface area (Å²) in [6, 6.07) is 5.42. The van der Waals surface area contributed by atoms with Crippen LogP contribution in [0.15, 0.2) is 23.1 Å². The highest BCUT2D eigenvalue weighted by molar-refractivity contribution is 7.89. The molecular weight excluding hydrogens is 398 g/mol. The van der Waals surface area contributed by atoms with Crippen molar-refractivity contribution in [1.29, 1.82) is 0 Å². The number of aromatic nitrogens is 1. The van der Waals surface area contributed by atoms with Crippen LogP contribution in [0.2, 0.25) is 0 Å². The van der Waals surface area contributed by atoms with Crippen LogP contribution in [0, 0.1) is 18.8 Å². The summed E-state index contributed by atoms with van der Waals surface area (Å²) in [6.07, 6.45) is 4.28. The Labute approximate surface area is 179 Å². The fourth-order valence-corrected chi connectivity index (χ4v) is 6.88. The third-order valence-corrected chi connectivity index (χ3v) is 8.61. The van der Waals surface area contributed by atoms with Gasteiger partial charge in [0.05, 0.1) is 4.90 Å². The number of hydrogen-bond acceptors (Lipinski definition) is 3. The Hall–Kier alpha value is -1.86. The number of rotatable bonds is 3. The molecule has 2 aliphatic rings. The Morgan fingerprint density at radius 2 is 1.80 bits per heavy atom. The molecule has 164 valence electrons. The molecule has 0 aliphatic carbocycles. The number of hydrogen-bond donors (Lipinski definition) is 1. The first-order valence-corrected chi connectivity index (χ1v) is 12.6. The lowest BCUT2D eigenvalue weighted by molar-refractivity contribution is 0.0629. The van der Waals surface area contributed by atoms with Gasteiger partial charge in [0, 0.05) is 36.6 Å². The average molecular weight is 432 g/mol. The summed E-state index contributed by atoms with van der Waals surface area (Å²) in [6.45, 7) is 10.1. The van der Waals surface area contributed by atoms with Crippen molar-refractivity contribution >= 4 is 26.8 Å². The van der Waals surface area contributed by atoms with Gasteiger partial charge in [-0.25, -0.2) is 8.42 Å². The maximum absolute atomic E-state index is 13.3. The molecule has 30 heavy (non-hydrogen) atoms. The molecule has 2 aliphatic heterocycles. The minimum absolute atomic E-state index is 0.0130. The molecule has 2 fully saturated rings. The van der Waals surface area contributed by atoms with Crippen molar-refractivity contribution in [1.82, 2.24) is 14.2 Å². The molecule has 7 heteroatoms. The number of fused-ring (bicyclic) bond motifs is 1. The first kappa shape index (κ1) is 21.4. The lowest BCUT2D eigenvalue weighted by Crippen LogP contribution is -2.42. The fourth-order valence-electron chi connectivity index (χ4n) is 5.17. The summed E-state index contributed by atoms with van der Waals surface area (Å²) in [4.78, 5) is 18.7. The zero-order valence-electron chi connectivity index (χ0n) is 18.4. The van der Waals surface area contributed by atoms with Crippen LogP contribution in [0.5, 0.6) is 0 Å². The van der Waals surface area contributed by atoms with Crippen molar-refractivity contribution in [2.24, 2.45) is 11.8 Å². The predicted molar refractivity (Wildman–Crippen MR) is 119 cm³/mol. The van der Waals surface area contributed by atoms with Gasteiger partial charge in [0.1, 0.15) is 5.69 Å². The number of nitrogens with zero attached hydrogens (tertiary/aromatic N) is 2. The Kier molecular flexibility index (Phi) is 5.70. The Morgan fingerprint density at radius 3 is 2.47 bits per heavy atom. The van der Waals surface area contributed by atoms with Crippen molar-refractivity contribution in [3.63, 3.8) is 0 Å². The minimum atomic E-state index is -3.55. The van der Waals surface area contributed by atoms with Gasteiger partial charge >= 0.3 is 0 Å². The standard InChI is InChI=1S/C23H33N3O3S/c1-15-11-16(2)14-25(13-15)30(28,29)19-8-9-21-20(12-19)18(4)22(24-21)23(27)26-10-6-5-7-17(26)3/h8-9,12,15-17,24H,5-7,10-11,13-14H2,1-4H3. The lowest BCUT2D eigenvalue weighted by Gasteiger charge is -2.34. The smallest absolute Gasteiger partial charge is 0.270 e. The molecule has 1 N–H and O–H groups in total. The van der Waals surface area contributed by atoms with Gasteiger partial charge in [0.2, 0.25) is 10.0 Å². The number of amides is 1. The molecule has 3 heterocycles. The summed E-state index contributed by atoms with van der Waals surface area (Å²) < 4.78 is 28.2.